The van der Waals surface area contributed by atoms with E-state index in [1.165, 1.54) is 10.9 Å². The van der Waals surface area contributed by atoms with E-state index in [2.05, 4.69) is 32.5 Å². The van der Waals surface area contributed by atoms with Crippen LogP contribution in [0.5, 0.6) is 0 Å². The average Bonchev–Trinajstić information content (AvgIpc) is 3.21. The van der Waals surface area contributed by atoms with Crippen molar-refractivity contribution < 1.29 is 4.79 Å². The molecule has 1 unspecified atom stereocenters. The fraction of sp³-hybridized carbons (Fsp3) is 0.353. The van der Waals surface area contributed by atoms with E-state index in [1.54, 1.807) is 6.33 Å². The van der Waals surface area contributed by atoms with Crippen molar-refractivity contribution in [2.75, 3.05) is 6.54 Å². The van der Waals surface area contributed by atoms with Crippen LogP contribution in [0, 0.1) is 5.92 Å². The molecule has 0 saturated carbocycles. The highest BCUT2D eigenvalue weighted by Gasteiger charge is 2.25. The number of H-pyrrole nitrogens is 1. The molecule has 0 saturated heterocycles. The van der Waals surface area contributed by atoms with Crippen LogP contribution < -0.4 is 5.32 Å². The van der Waals surface area contributed by atoms with E-state index >= 15 is 0 Å². The van der Waals surface area contributed by atoms with Crippen LogP contribution >= 0.6 is 0 Å². The molecule has 0 spiro atoms. The molecule has 118 valence electrons. The lowest BCUT2D eigenvalue weighted by Gasteiger charge is -2.21. The number of rotatable bonds is 4. The second-order valence-electron chi connectivity index (χ2n) is 5.99. The minimum atomic E-state index is -0.00725. The third-order valence-corrected chi connectivity index (χ3v) is 4.54. The summed E-state index contributed by atoms with van der Waals surface area (Å²) in [7, 11) is 0. The highest BCUT2D eigenvalue weighted by atomic mass is 16.1. The van der Waals surface area contributed by atoms with Crippen molar-refractivity contribution in [1.82, 2.24) is 25.1 Å². The standard InChI is InChI=1S/C17H19N5O/c23-17(13-5-6-16-20-11-21-22(16)10-13)18-8-7-12-9-19-15-4-2-1-3-14(12)15/h1-4,9,11,13,19H,5-8,10H2,(H,18,23). The number of aromatic amines is 1. The van der Waals surface area contributed by atoms with Gasteiger partial charge in [0.1, 0.15) is 12.2 Å². The molecular formula is C17H19N5O. The molecule has 1 aliphatic rings. The van der Waals surface area contributed by atoms with E-state index in [0.717, 1.165) is 30.6 Å². The maximum atomic E-state index is 12.3. The van der Waals surface area contributed by atoms with E-state index < -0.39 is 0 Å². The predicted octanol–water partition coefficient (Wildman–Crippen LogP) is 1.68. The molecule has 6 heteroatoms. The van der Waals surface area contributed by atoms with E-state index in [4.69, 9.17) is 0 Å². The molecule has 2 aromatic heterocycles. The van der Waals surface area contributed by atoms with Gasteiger partial charge in [-0.15, -0.1) is 0 Å². The Morgan fingerprint density at radius 3 is 3.26 bits per heavy atom. The Balaban J connectivity index is 1.34. The summed E-state index contributed by atoms with van der Waals surface area (Å²) in [5.74, 6) is 1.09. The van der Waals surface area contributed by atoms with Crippen molar-refractivity contribution in [2.45, 2.75) is 25.8 Å². The van der Waals surface area contributed by atoms with Gasteiger partial charge < -0.3 is 10.3 Å². The van der Waals surface area contributed by atoms with Crippen molar-refractivity contribution in [3.8, 4) is 0 Å². The van der Waals surface area contributed by atoms with Gasteiger partial charge in [0.2, 0.25) is 5.91 Å². The first-order chi connectivity index (χ1) is 11.3. The average molecular weight is 309 g/mol. The molecule has 6 nitrogen and oxygen atoms in total. The molecule has 0 aliphatic carbocycles. The van der Waals surface area contributed by atoms with Crippen molar-refractivity contribution in [3.63, 3.8) is 0 Å². The van der Waals surface area contributed by atoms with Gasteiger partial charge in [0.25, 0.3) is 0 Å². The maximum absolute atomic E-state index is 12.3. The summed E-state index contributed by atoms with van der Waals surface area (Å²) < 4.78 is 1.84. The van der Waals surface area contributed by atoms with Gasteiger partial charge in [-0.1, -0.05) is 18.2 Å². The van der Waals surface area contributed by atoms with Crippen LogP contribution in [0.1, 0.15) is 17.8 Å². The largest absolute Gasteiger partial charge is 0.361 e. The molecule has 3 aromatic rings. The monoisotopic (exact) mass is 309 g/mol. The molecule has 23 heavy (non-hydrogen) atoms. The third kappa shape index (κ3) is 2.72. The minimum Gasteiger partial charge on any atom is -0.361 e. The number of amides is 1. The first-order valence-electron chi connectivity index (χ1n) is 8.00. The number of nitrogens with zero attached hydrogens (tertiary/aromatic N) is 3. The predicted molar refractivity (Wildman–Crippen MR) is 86.8 cm³/mol. The van der Waals surface area contributed by atoms with Crippen LogP contribution in [-0.4, -0.2) is 32.2 Å². The zero-order valence-corrected chi connectivity index (χ0v) is 12.8. The zero-order chi connectivity index (χ0) is 15.6. The Morgan fingerprint density at radius 2 is 2.30 bits per heavy atom. The third-order valence-electron chi connectivity index (χ3n) is 4.54. The van der Waals surface area contributed by atoms with Crippen molar-refractivity contribution in [1.29, 1.82) is 0 Å². The number of aryl methyl sites for hydroxylation is 1. The molecular weight excluding hydrogens is 290 g/mol. The number of para-hydroxylation sites is 1. The summed E-state index contributed by atoms with van der Waals surface area (Å²) in [4.78, 5) is 19.8. The fourth-order valence-electron chi connectivity index (χ4n) is 3.25. The molecule has 1 aliphatic heterocycles. The summed E-state index contributed by atoms with van der Waals surface area (Å²) in [5, 5.41) is 8.46. The first-order valence-corrected chi connectivity index (χ1v) is 8.00. The molecule has 0 bridgehead atoms. The van der Waals surface area contributed by atoms with Gasteiger partial charge in [-0.25, -0.2) is 9.67 Å². The molecule has 1 aromatic carbocycles. The number of fused-ring (bicyclic) bond motifs is 2. The van der Waals surface area contributed by atoms with Crippen LogP contribution in [0.2, 0.25) is 0 Å². The van der Waals surface area contributed by atoms with Crippen LogP contribution in [0.3, 0.4) is 0 Å². The quantitative estimate of drug-likeness (QED) is 0.770. The van der Waals surface area contributed by atoms with Crippen molar-refractivity contribution >= 4 is 16.8 Å². The Kier molecular flexibility index (Phi) is 3.57. The SMILES string of the molecule is O=C(NCCc1c[nH]c2ccccc12)C1CCc2ncnn2C1. The van der Waals surface area contributed by atoms with E-state index in [0.29, 0.717) is 13.1 Å². The topological polar surface area (TPSA) is 75.6 Å². The fourth-order valence-corrected chi connectivity index (χ4v) is 3.25. The van der Waals surface area contributed by atoms with Crippen LogP contribution in [0.25, 0.3) is 10.9 Å². The number of benzene rings is 1. The number of hydrogen-bond acceptors (Lipinski definition) is 3. The molecule has 0 fully saturated rings. The van der Waals surface area contributed by atoms with Gasteiger partial charge in [0.15, 0.2) is 0 Å². The molecule has 1 amide bonds. The van der Waals surface area contributed by atoms with Gasteiger partial charge in [-0.3, -0.25) is 4.79 Å². The van der Waals surface area contributed by atoms with Crippen LogP contribution in [0.4, 0.5) is 0 Å². The second-order valence-corrected chi connectivity index (χ2v) is 5.99. The van der Waals surface area contributed by atoms with E-state index in [-0.39, 0.29) is 11.8 Å². The van der Waals surface area contributed by atoms with Gasteiger partial charge in [0, 0.05) is 30.1 Å². The smallest absolute Gasteiger partial charge is 0.225 e. The molecule has 3 heterocycles. The van der Waals surface area contributed by atoms with Crippen LogP contribution in [-0.2, 0) is 24.2 Å². The Labute approximate surface area is 133 Å². The first kappa shape index (κ1) is 14.0. The summed E-state index contributed by atoms with van der Waals surface area (Å²) >= 11 is 0. The lowest BCUT2D eigenvalue weighted by Crippen LogP contribution is -2.37. The van der Waals surface area contributed by atoms with Gasteiger partial charge in [-0.05, 0) is 24.5 Å². The summed E-state index contributed by atoms with van der Waals surface area (Å²) in [6.45, 7) is 1.29. The maximum Gasteiger partial charge on any atom is 0.225 e. The zero-order valence-electron chi connectivity index (χ0n) is 12.8. The van der Waals surface area contributed by atoms with Gasteiger partial charge >= 0.3 is 0 Å². The Bertz CT molecular complexity index is 834. The number of carbonyl (C=O) groups excluding carboxylic acids is 1. The van der Waals surface area contributed by atoms with Crippen molar-refractivity contribution in [2.24, 2.45) is 5.92 Å². The summed E-state index contributed by atoms with van der Waals surface area (Å²) in [6.07, 6.45) is 6.08. The highest BCUT2D eigenvalue weighted by Crippen LogP contribution is 2.19. The van der Waals surface area contributed by atoms with E-state index in [9.17, 15) is 4.79 Å². The summed E-state index contributed by atoms with van der Waals surface area (Å²) in [6, 6.07) is 8.23. The Hall–Kier alpha value is -2.63. The molecule has 1 atom stereocenters. The lowest BCUT2D eigenvalue weighted by molar-refractivity contribution is -0.126. The summed E-state index contributed by atoms with van der Waals surface area (Å²) in [5.41, 5.74) is 2.38. The number of nitrogens with one attached hydrogen (secondary N) is 2. The Morgan fingerprint density at radius 1 is 1.39 bits per heavy atom. The molecule has 4 rings (SSSR count). The minimum absolute atomic E-state index is 0.00725. The second kappa shape index (κ2) is 5.87. The van der Waals surface area contributed by atoms with Crippen molar-refractivity contribution in [3.05, 3.63) is 48.2 Å². The van der Waals surface area contributed by atoms with Gasteiger partial charge in [-0.2, -0.15) is 5.10 Å². The van der Waals surface area contributed by atoms with Gasteiger partial charge in [0.05, 0.1) is 12.5 Å². The number of aromatic nitrogens is 4. The molecule has 2 N–H and O–H groups in total. The highest BCUT2D eigenvalue weighted by molar-refractivity contribution is 5.83. The van der Waals surface area contributed by atoms with E-state index in [1.807, 2.05) is 23.0 Å². The lowest BCUT2D eigenvalue weighted by atomic mass is 9.99. The number of carbonyl (C=O) groups is 1. The molecule has 0 radical (unpaired) electrons. The number of hydrogen-bond donors (Lipinski definition) is 2. The normalized spacial score (nSPS) is 17.1. The van der Waals surface area contributed by atoms with Crippen LogP contribution in [0.15, 0.2) is 36.8 Å².